The van der Waals surface area contributed by atoms with Crippen molar-refractivity contribution >= 4 is 49.4 Å². The van der Waals surface area contributed by atoms with E-state index in [0.717, 1.165) is 14.5 Å². The Balaban J connectivity index is 2.13. The van der Waals surface area contributed by atoms with Crippen LogP contribution in [0.2, 0.25) is 5.02 Å². The third kappa shape index (κ3) is 3.84. The molecule has 2 rings (SSSR count). The maximum absolute atomic E-state index is 12.2. The minimum atomic E-state index is -0.119. The van der Waals surface area contributed by atoms with E-state index in [1.165, 1.54) is 0 Å². The van der Waals surface area contributed by atoms with Crippen molar-refractivity contribution in [1.29, 1.82) is 0 Å². The van der Waals surface area contributed by atoms with Crippen molar-refractivity contribution in [2.75, 3.05) is 0 Å². The number of benzene rings is 2. The number of carbonyl (C=O) groups is 1. The number of rotatable bonds is 3. The lowest BCUT2D eigenvalue weighted by molar-refractivity contribution is 0.0939. The highest BCUT2D eigenvalue weighted by molar-refractivity contribution is 9.11. The zero-order chi connectivity index (χ0) is 14.7. The van der Waals surface area contributed by atoms with Gasteiger partial charge in [0.05, 0.1) is 11.6 Å². The van der Waals surface area contributed by atoms with Crippen molar-refractivity contribution in [3.05, 3.63) is 67.6 Å². The largest absolute Gasteiger partial charge is 0.345 e. The Morgan fingerprint density at radius 1 is 1.15 bits per heavy atom. The number of carbonyl (C=O) groups excluding carboxylic acids is 1. The van der Waals surface area contributed by atoms with Gasteiger partial charge in [0.25, 0.3) is 5.91 Å². The molecule has 0 fully saturated rings. The lowest BCUT2D eigenvalue weighted by Crippen LogP contribution is -2.26. The van der Waals surface area contributed by atoms with Crippen LogP contribution in [0.3, 0.4) is 0 Å². The Morgan fingerprint density at radius 2 is 1.80 bits per heavy atom. The van der Waals surface area contributed by atoms with Gasteiger partial charge in [0.1, 0.15) is 0 Å². The van der Waals surface area contributed by atoms with Gasteiger partial charge >= 0.3 is 0 Å². The van der Waals surface area contributed by atoms with Crippen molar-refractivity contribution in [2.24, 2.45) is 0 Å². The van der Waals surface area contributed by atoms with Gasteiger partial charge in [-0.3, -0.25) is 4.79 Å². The second kappa shape index (κ2) is 6.74. The van der Waals surface area contributed by atoms with Crippen LogP contribution in [-0.4, -0.2) is 5.91 Å². The van der Waals surface area contributed by atoms with Gasteiger partial charge in [-0.2, -0.15) is 0 Å². The molecule has 0 radical (unpaired) electrons. The van der Waals surface area contributed by atoms with Crippen molar-refractivity contribution in [3.63, 3.8) is 0 Å². The minimum absolute atomic E-state index is 0.0877. The number of halogens is 3. The van der Waals surface area contributed by atoms with Crippen molar-refractivity contribution < 1.29 is 4.79 Å². The fourth-order valence-corrected chi connectivity index (χ4v) is 3.14. The normalized spacial score (nSPS) is 12.0. The molecule has 0 aliphatic heterocycles. The van der Waals surface area contributed by atoms with E-state index in [1.54, 1.807) is 6.07 Å². The predicted molar refractivity (Wildman–Crippen MR) is 89.2 cm³/mol. The molecule has 0 saturated heterocycles. The highest BCUT2D eigenvalue weighted by atomic mass is 79.9. The average molecular weight is 418 g/mol. The van der Waals surface area contributed by atoms with Crippen LogP contribution < -0.4 is 5.32 Å². The molecule has 2 aromatic carbocycles. The van der Waals surface area contributed by atoms with Gasteiger partial charge in [-0.25, -0.2) is 0 Å². The van der Waals surface area contributed by atoms with Gasteiger partial charge in [-0.1, -0.05) is 39.7 Å². The molecule has 0 aliphatic rings. The molecule has 1 amide bonds. The second-order valence-electron chi connectivity index (χ2n) is 4.37. The number of hydrogen-bond acceptors (Lipinski definition) is 1. The SMILES string of the molecule is CC(NC(=O)c1ccc(Br)cc1Br)c1ccc(Cl)cc1. The van der Waals surface area contributed by atoms with E-state index in [0.29, 0.717) is 10.6 Å². The van der Waals surface area contributed by atoms with Gasteiger partial charge in [-0.05, 0) is 58.7 Å². The molecule has 104 valence electrons. The standard InChI is InChI=1S/C15H12Br2ClNO/c1-9(10-2-5-12(18)6-3-10)19-15(20)13-7-4-11(16)8-14(13)17/h2-9H,1H3,(H,19,20). The highest BCUT2D eigenvalue weighted by Crippen LogP contribution is 2.23. The Morgan fingerprint density at radius 3 is 2.40 bits per heavy atom. The van der Waals surface area contributed by atoms with Gasteiger partial charge in [-0.15, -0.1) is 0 Å². The van der Waals surface area contributed by atoms with Gasteiger partial charge in [0.15, 0.2) is 0 Å². The first-order valence-corrected chi connectivity index (χ1v) is 7.95. The predicted octanol–water partition coefficient (Wildman–Crippen LogP) is 5.36. The zero-order valence-electron chi connectivity index (χ0n) is 10.7. The number of amides is 1. The van der Waals surface area contributed by atoms with E-state index in [1.807, 2.05) is 43.3 Å². The highest BCUT2D eigenvalue weighted by Gasteiger charge is 2.14. The van der Waals surface area contributed by atoms with Crippen molar-refractivity contribution in [1.82, 2.24) is 5.32 Å². The van der Waals surface area contributed by atoms with Crippen LogP contribution in [0.4, 0.5) is 0 Å². The first kappa shape index (κ1) is 15.5. The van der Waals surface area contributed by atoms with Crippen molar-refractivity contribution in [2.45, 2.75) is 13.0 Å². The summed E-state index contributed by atoms with van der Waals surface area (Å²) in [6, 6.07) is 12.8. The van der Waals surface area contributed by atoms with Crippen LogP contribution in [0.5, 0.6) is 0 Å². The monoisotopic (exact) mass is 415 g/mol. The molecule has 0 saturated carbocycles. The first-order valence-electron chi connectivity index (χ1n) is 5.99. The van der Waals surface area contributed by atoms with Crippen LogP contribution in [0.1, 0.15) is 28.9 Å². The molecule has 20 heavy (non-hydrogen) atoms. The minimum Gasteiger partial charge on any atom is -0.345 e. The fraction of sp³-hybridized carbons (Fsp3) is 0.133. The zero-order valence-corrected chi connectivity index (χ0v) is 14.6. The van der Waals surface area contributed by atoms with Gasteiger partial charge < -0.3 is 5.32 Å². The van der Waals surface area contributed by atoms with Gasteiger partial charge in [0, 0.05) is 14.0 Å². The topological polar surface area (TPSA) is 29.1 Å². The molecule has 5 heteroatoms. The quantitative estimate of drug-likeness (QED) is 0.716. The molecule has 2 aromatic rings. The summed E-state index contributed by atoms with van der Waals surface area (Å²) in [6.45, 7) is 1.94. The maximum Gasteiger partial charge on any atom is 0.252 e. The summed E-state index contributed by atoms with van der Waals surface area (Å²) in [6.07, 6.45) is 0. The molecular formula is C15H12Br2ClNO. The van der Waals surface area contributed by atoms with E-state index in [9.17, 15) is 4.79 Å². The lowest BCUT2D eigenvalue weighted by Gasteiger charge is -2.15. The molecule has 2 nitrogen and oxygen atoms in total. The summed E-state index contributed by atoms with van der Waals surface area (Å²) in [4.78, 5) is 12.2. The van der Waals surface area contributed by atoms with Crippen LogP contribution in [0.15, 0.2) is 51.4 Å². The van der Waals surface area contributed by atoms with E-state index in [-0.39, 0.29) is 11.9 Å². The Hall–Kier alpha value is -0.840. The molecule has 1 atom stereocenters. The fourth-order valence-electron chi connectivity index (χ4n) is 1.78. The molecule has 0 spiro atoms. The molecule has 0 bridgehead atoms. The first-order chi connectivity index (χ1) is 9.47. The molecule has 0 aliphatic carbocycles. The maximum atomic E-state index is 12.2. The van der Waals surface area contributed by atoms with Crippen molar-refractivity contribution in [3.8, 4) is 0 Å². The van der Waals surface area contributed by atoms with Gasteiger partial charge in [0.2, 0.25) is 0 Å². The summed E-state index contributed by atoms with van der Waals surface area (Å²) < 4.78 is 1.68. The number of hydrogen-bond donors (Lipinski definition) is 1. The average Bonchev–Trinajstić information content (AvgIpc) is 2.39. The van der Waals surface area contributed by atoms with Crippen LogP contribution in [0.25, 0.3) is 0 Å². The smallest absolute Gasteiger partial charge is 0.252 e. The molecule has 0 heterocycles. The summed E-state index contributed by atoms with van der Waals surface area (Å²) in [5.74, 6) is -0.119. The molecule has 1 unspecified atom stereocenters. The molecule has 1 N–H and O–H groups in total. The van der Waals surface area contributed by atoms with Crippen LogP contribution in [-0.2, 0) is 0 Å². The molecule has 0 aromatic heterocycles. The third-order valence-electron chi connectivity index (χ3n) is 2.89. The van der Waals surface area contributed by atoms with E-state index >= 15 is 0 Å². The van der Waals surface area contributed by atoms with E-state index in [2.05, 4.69) is 37.2 Å². The van der Waals surface area contributed by atoms with E-state index < -0.39 is 0 Å². The Bertz CT molecular complexity index is 628. The number of nitrogens with one attached hydrogen (secondary N) is 1. The third-order valence-corrected chi connectivity index (χ3v) is 4.29. The Labute approximate surface area is 139 Å². The summed E-state index contributed by atoms with van der Waals surface area (Å²) in [5, 5.41) is 3.65. The molecular weight excluding hydrogens is 405 g/mol. The lowest BCUT2D eigenvalue weighted by atomic mass is 10.1. The summed E-state index contributed by atoms with van der Waals surface area (Å²) >= 11 is 12.6. The van der Waals surface area contributed by atoms with Crippen LogP contribution >= 0.6 is 43.5 Å². The summed E-state index contributed by atoms with van der Waals surface area (Å²) in [7, 11) is 0. The second-order valence-corrected chi connectivity index (χ2v) is 6.58. The summed E-state index contributed by atoms with van der Waals surface area (Å²) in [5.41, 5.74) is 1.62. The van der Waals surface area contributed by atoms with E-state index in [4.69, 9.17) is 11.6 Å². The Kier molecular flexibility index (Phi) is 5.24. The van der Waals surface area contributed by atoms with Crippen LogP contribution in [0, 0.1) is 0 Å².